The lowest BCUT2D eigenvalue weighted by Crippen LogP contribution is -2.69. The monoisotopic (exact) mass is 238 g/mol. The summed E-state index contributed by atoms with van der Waals surface area (Å²) in [6, 6.07) is 0. The first kappa shape index (κ1) is 10.8. The van der Waals surface area contributed by atoms with E-state index in [4.69, 9.17) is 4.74 Å². The van der Waals surface area contributed by atoms with E-state index < -0.39 is 17.3 Å². The van der Waals surface area contributed by atoms with E-state index in [1.165, 1.54) is 0 Å². The third-order valence-corrected chi connectivity index (χ3v) is 7.15. The number of hydrogen-bond donors (Lipinski definition) is 2. The first-order chi connectivity index (χ1) is 7.81. The molecule has 2 unspecified atom stereocenters. The van der Waals surface area contributed by atoms with Crippen molar-refractivity contribution in [1.82, 2.24) is 0 Å². The largest absolute Gasteiger partial charge is 0.390 e. The van der Waals surface area contributed by atoms with E-state index in [-0.39, 0.29) is 22.9 Å². The molecule has 0 aromatic heterocycles. The third kappa shape index (κ3) is 0.750. The molecule has 17 heavy (non-hydrogen) atoms. The fraction of sp³-hybridized carbons (Fsp3) is 1.00. The molecule has 0 radical (unpaired) electrons. The Bertz CT molecular complexity index is 406. The zero-order chi connectivity index (χ0) is 12.3. The van der Waals surface area contributed by atoms with E-state index in [2.05, 4.69) is 20.8 Å². The van der Waals surface area contributed by atoms with Crippen LogP contribution in [0, 0.1) is 16.7 Å². The van der Waals surface area contributed by atoms with Gasteiger partial charge < -0.3 is 14.9 Å². The summed E-state index contributed by atoms with van der Waals surface area (Å²) in [4.78, 5) is 0. The summed E-state index contributed by atoms with van der Waals surface area (Å²) >= 11 is 0. The van der Waals surface area contributed by atoms with Gasteiger partial charge in [-0.1, -0.05) is 20.8 Å². The first-order valence-electron chi connectivity index (χ1n) is 6.89. The molecule has 0 aromatic carbocycles. The number of aliphatic hydroxyl groups excluding tert-OH is 1. The van der Waals surface area contributed by atoms with Crippen LogP contribution in [0.15, 0.2) is 0 Å². The van der Waals surface area contributed by atoms with Crippen LogP contribution in [-0.4, -0.2) is 33.6 Å². The highest BCUT2D eigenvalue weighted by molar-refractivity contribution is 5.36. The van der Waals surface area contributed by atoms with E-state index in [0.29, 0.717) is 6.42 Å². The molecule has 2 N–H and O–H groups in total. The Kier molecular flexibility index (Phi) is 1.55. The van der Waals surface area contributed by atoms with Crippen LogP contribution in [0.2, 0.25) is 0 Å². The Balaban J connectivity index is 1.96. The molecular formula is C14H22O3. The third-order valence-electron chi connectivity index (χ3n) is 7.15. The van der Waals surface area contributed by atoms with Crippen molar-refractivity contribution in [3.8, 4) is 0 Å². The van der Waals surface area contributed by atoms with Crippen LogP contribution in [0.3, 0.4) is 0 Å². The first-order valence-corrected chi connectivity index (χ1v) is 6.89. The van der Waals surface area contributed by atoms with Crippen molar-refractivity contribution in [3.05, 3.63) is 0 Å². The zero-order valence-corrected chi connectivity index (χ0v) is 10.9. The van der Waals surface area contributed by atoms with E-state index in [0.717, 1.165) is 19.3 Å². The molecule has 1 spiro atoms. The number of ether oxygens (including phenoxy) is 1. The Morgan fingerprint density at radius 2 is 1.82 bits per heavy atom. The average molecular weight is 238 g/mol. The summed E-state index contributed by atoms with van der Waals surface area (Å²) in [6.07, 6.45) is 3.28. The van der Waals surface area contributed by atoms with Crippen LogP contribution < -0.4 is 0 Å². The van der Waals surface area contributed by atoms with Crippen molar-refractivity contribution in [3.63, 3.8) is 0 Å². The van der Waals surface area contributed by atoms with Gasteiger partial charge in [-0.25, -0.2) is 0 Å². The fourth-order valence-corrected chi connectivity index (χ4v) is 5.79. The molecule has 0 aromatic rings. The van der Waals surface area contributed by atoms with Gasteiger partial charge in [0.05, 0.1) is 12.2 Å². The molecule has 3 aliphatic carbocycles. The fourth-order valence-electron chi connectivity index (χ4n) is 5.79. The molecule has 1 aliphatic heterocycles. The predicted molar refractivity (Wildman–Crippen MR) is 62.4 cm³/mol. The molecule has 3 saturated carbocycles. The van der Waals surface area contributed by atoms with Crippen LogP contribution in [0.4, 0.5) is 0 Å². The molecule has 4 fully saturated rings. The number of aliphatic hydroxyl groups is 2. The quantitative estimate of drug-likeness (QED) is 0.628. The molecule has 4 rings (SSSR count). The predicted octanol–water partition coefficient (Wildman–Crippen LogP) is 1.47. The van der Waals surface area contributed by atoms with Crippen molar-refractivity contribution in [2.24, 2.45) is 16.7 Å². The molecule has 1 heterocycles. The Labute approximate surface area is 102 Å². The molecule has 96 valence electrons. The van der Waals surface area contributed by atoms with Crippen LogP contribution in [0.5, 0.6) is 0 Å². The summed E-state index contributed by atoms with van der Waals surface area (Å²) in [6.45, 7) is 6.77. The highest BCUT2D eigenvalue weighted by Crippen LogP contribution is 2.79. The summed E-state index contributed by atoms with van der Waals surface area (Å²) in [5.41, 5.74) is -1.36. The van der Waals surface area contributed by atoms with Gasteiger partial charge in [0, 0.05) is 5.41 Å². The van der Waals surface area contributed by atoms with Crippen molar-refractivity contribution >= 4 is 0 Å². The molecule has 3 nitrogen and oxygen atoms in total. The smallest absolute Gasteiger partial charge is 0.132 e. The minimum absolute atomic E-state index is 0.0137. The number of rotatable bonds is 0. The molecule has 1 saturated heterocycles. The number of hydrogen-bond acceptors (Lipinski definition) is 3. The van der Waals surface area contributed by atoms with Crippen molar-refractivity contribution in [1.29, 1.82) is 0 Å². The minimum Gasteiger partial charge on any atom is -0.390 e. The van der Waals surface area contributed by atoms with Gasteiger partial charge in [-0.05, 0) is 37.0 Å². The summed E-state index contributed by atoms with van der Waals surface area (Å²) in [5.74, 6) is 0.214. The van der Waals surface area contributed by atoms with Gasteiger partial charge in [0.1, 0.15) is 11.2 Å². The maximum atomic E-state index is 11.0. The van der Waals surface area contributed by atoms with Crippen LogP contribution >= 0.6 is 0 Å². The number of fused-ring (bicyclic) bond motifs is 2. The van der Waals surface area contributed by atoms with Crippen molar-refractivity contribution in [2.45, 2.75) is 69.9 Å². The van der Waals surface area contributed by atoms with Crippen molar-refractivity contribution in [2.75, 3.05) is 0 Å². The van der Waals surface area contributed by atoms with Crippen LogP contribution in [0.1, 0.15) is 46.5 Å². The van der Waals surface area contributed by atoms with Gasteiger partial charge in [-0.15, -0.1) is 0 Å². The second-order valence-electron chi connectivity index (χ2n) is 7.45. The SMILES string of the molecule is CC1(C)C2CCC1(C)[C@@]13O[C@@H]1CC[C@@]3(O)[C@H]2O. The molecule has 3 heteroatoms. The lowest BCUT2D eigenvalue weighted by atomic mass is 9.49. The Morgan fingerprint density at radius 3 is 2.47 bits per heavy atom. The van der Waals surface area contributed by atoms with E-state index in [1.54, 1.807) is 0 Å². The van der Waals surface area contributed by atoms with Gasteiger partial charge in [0.25, 0.3) is 0 Å². The van der Waals surface area contributed by atoms with E-state index in [9.17, 15) is 10.2 Å². The van der Waals surface area contributed by atoms with Crippen LogP contribution in [-0.2, 0) is 4.74 Å². The van der Waals surface area contributed by atoms with E-state index in [1.807, 2.05) is 0 Å². The van der Waals surface area contributed by atoms with Crippen molar-refractivity contribution < 1.29 is 14.9 Å². The second kappa shape index (κ2) is 2.45. The van der Waals surface area contributed by atoms with Gasteiger partial charge >= 0.3 is 0 Å². The van der Waals surface area contributed by atoms with Crippen LogP contribution in [0.25, 0.3) is 0 Å². The second-order valence-corrected chi connectivity index (χ2v) is 7.45. The normalized spacial score (nSPS) is 66.5. The molecule has 4 aliphatic rings. The molecular weight excluding hydrogens is 216 g/mol. The maximum absolute atomic E-state index is 11.0. The zero-order valence-electron chi connectivity index (χ0n) is 10.9. The van der Waals surface area contributed by atoms with Gasteiger partial charge in [-0.3, -0.25) is 0 Å². The summed E-state index contributed by atoms with van der Waals surface area (Å²) < 4.78 is 5.98. The van der Waals surface area contributed by atoms with E-state index >= 15 is 0 Å². The lowest BCUT2D eigenvalue weighted by Gasteiger charge is -2.58. The Morgan fingerprint density at radius 1 is 1.12 bits per heavy atom. The average Bonchev–Trinajstić information content (AvgIpc) is 2.88. The minimum atomic E-state index is -0.983. The molecule has 2 bridgehead atoms. The number of epoxide rings is 1. The summed E-state index contributed by atoms with van der Waals surface area (Å²) in [7, 11) is 0. The summed E-state index contributed by atoms with van der Waals surface area (Å²) in [5, 5.41) is 21.6. The standard InChI is InChI=1S/C14H22O3/c1-11(2)8-4-6-12(11,3)14-9(17-14)5-7-13(14,16)10(8)15/h8-10,15-16H,4-7H2,1-3H3/t8?,9-,10+,12?,13-,14+/m1/s1. The van der Waals surface area contributed by atoms with Gasteiger partial charge in [0.2, 0.25) is 0 Å². The topological polar surface area (TPSA) is 53.0 Å². The molecule has 0 amide bonds. The maximum Gasteiger partial charge on any atom is 0.132 e. The highest BCUT2D eigenvalue weighted by atomic mass is 16.6. The van der Waals surface area contributed by atoms with Gasteiger partial charge in [0.15, 0.2) is 0 Å². The Hall–Kier alpha value is -0.120. The molecule has 6 atom stereocenters. The highest BCUT2D eigenvalue weighted by Gasteiger charge is 2.88. The lowest BCUT2D eigenvalue weighted by molar-refractivity contribution is -0.232. The van der Waals surface area contributed by atoms with Gasteiger partial charge in [-0.2, -0.15) is 0 Å².